The molecule has 106 valence electrons. The Hall–Kier alpha value is -1.85. The number of rotatable bonds is 7. The van der Waals surface area contributed by atoms with Gasteiger partial charge in [0, 0.05) is 18.5 Å². The van der Waals surface area contributed by atoms with Gasteiger partial charge in [-0.25, -0.2) is 9.97 Å². The molecule has 0 aromatic carbocycles. The Labute approximate surface area is 113 Å². The molecule has 1 aromatic heterocycles. The molecule has 1 heterocycles. The van der Waals surface area contributed by atoms with Crippen LogP contribution in [-0.2, 0) is 9.53 Å². The van der Waals surface area contributed by atoms with E-state index in [-0.39, 0.29) is 11.9 Å². The molecular weight excluding hydrogens is 244 g/mol. The van der Waals surface area contributed by atoms with Gasteiger partial charge in [0.2, 0.25) is 0 Å². The standard InChI is InChI=1S/C13H22N4O2/c1-4-19-10(18)6-5-7-15-13-11(9(2)3)12(14)16-8-17-13/h8-9H,4-7H2,1-3H3,(H3,14,15,16,17). The molecule has 0 atom stereocenters. The van der Waals surface area contributed by atoms with Crippen LogP contribution in [0, 0.1) is 0 Å². The second kappa shape index (κ2) is 7.56. The second-order valence-electron chi connectivity index (χ2n) is 4.51. The summed E-state index contributed by atoms with van der Waals surface area (Å²) in [5.41, 5.74) is 6.76. The Bertz CT molecular complexity index is 421. The molecule has 0 unspecified atom stereocenters. The lowest BCUT2D eigenvalue weighted by molar-refractivity contribution is -0.143. The Kier molecular flexibility index (Phi) is 6.05. The largest absolute Gasteiger partial charge is 0.466 e. The SMILES string of the molecule is CCOC(=O)CCCNc1ncnc(N)c1C(C)C. The molecule has 0 saturated carbocycles. The fraction of sp³-hybridized carbons (Fsp3) is 0.615. The van der Waals surface area contributed by atoms with E-state index in [9.17, 15) is 4.79 Å². The van der Waals surface area contributed by atoms with Crippen LogP contribution < -0.4 is 11.1 Å². The zero-order chi connectivity index (χ0) is 14.3. The Balaban J connectivity index is 2.50. The van der Waals surface area contributed by atoms with Crippen LogP contribution in [0.25, 0.3) is 0 Å². The van der Waals surface area contributed by atoms with Gasteiger partial charge in [0.1, 0.15) is 18.0 Å². The number of nitrogens with zero attached hydrogens (tertiary/aromatic N) is 2. The van der Waals surface area contributed by atoms with Crippen molar-refractivity contribution in [3.63, 3.8) is 0 Å². The lowest BCUT2D eigenvalue weighted by Crippen LogP contribution is -2.12. The third-order valence-corrected chi connectivity index (χ3v) is 2.65. The summed E-state index contributed by atoms with van der Waals surface area (Å²) >= 11 is 0. The molecule has 3 N–H and O–H groups in total. The molecule has 0 fully saturated rings. The van der Waals surface area contributed by atoms with E-state index in [1.165, 1.54) is 6.33 Å². The maximum absolute atomic E-state index is 11.2. The van der Waals surface area contributed by atoms with Gasteiger partial charge >= 0.3 is 5.97 Å². The number of carbonyl (C=O) groups excluding carboxylic acids is 1. The molecule has 0 aliphatic carbocycles. The number of ether oxygens (including phenoxy) is 1. The molecule has 1 aromatic rings. The van der Waals surface area contributed by atoms with Gasteiger partial charge in [0.25, 0.3) is 0 Å². The minimum atomic E-state index is -0.171. The van der Waals surface area contributed by atoms with E-state index in [2.05, 4.69) is 15.3 Å². The fourth-order valence-corrected chi connectivity index (χ4v) is 1.79. The highest BCUT2D eigenvalue weighted by Crippen LogP contribution is 2.25. The molecule has 0 bridgehead atoms. The van der Waals surface area contributed by atoms with Crippen LogP contribution in [0.2, 0.25) is 0 Å². The van der Waals surface area contributed by atoms with Crippen molar-refractivity contribution < 1.29 is 9.53 Å². The minimum absolute atomic E-state index is 0.171. The Morgan fingerprint density at radius 2 is 2.21 bits per heavy atom. The lowest BCUT2D eigenvalue weighted by atomic mass is 10.0. The first kappa shape index (κ1) is 15.2. The fourth-order valence-electron chi connectivity index (χ4n) is 1.79. The third-order valence-electron chi connectivity index (χ3n) is 2.65. The summed E-state index contributed by atoms with van der Waals surface area (Å²) in [4.78, 5) is 19.4. The number of hydrogen-bond acceptors (Lipinski definition) is 6. The second-order valence-corrected chi connectivity index (χ2v) is 4.51. The van der Waals surface area contributed by atoms with Crippen molar-refractivity contribution in [2.75, 3.05) is 24.2 Å². The van der Waals surface area contributed by atoms with E-state index in [0.29, 0.717) is 31.8 Å². The van der Waals surface area contributed by atoms with Gasteiger partial charge < -0.3 is 15.8 Å². The number of aromatic nitrogens is 2. The molecule has 0 saturated heterocycles. The molecule has 0 spiro atoms. The van der Waals surface area contributed by atoms with E-state index in [1.54, 1.807) is 6.92 Å². The highest BCUT2D eigenvalue weighted by molar-refractivity contribution is 5.69. The predicted molar refractivity (Wildman–Crippen MR) is 74.9 cm³/mol. The van der Waals surface area contributed by atoms with Gasteiger partial charge in [0.05, 0.1) is 6.61 Å². The third kappa shape index (κ3) is 4.73. The average molecular weight is 266 g/mol. The van der Waals surface area contributed by atoms with Gasteiger partial charge in [-0.05, 0) is 19.3 Å². The Morgan fingerprint density at radius 3 is 2.84 bits per heavy atom. The number of nitrogen functional groups attached to an aromatic ring is 1. The first-order valence-corrected chi connectivity index (χ1v) is 6.56. The Morgan fingerprint density at radius 1 is 1.47 bits per heavy atom. The van der Waals surface area contributed by atoms with Crippen LogP contribution in [0.4, 0.5) is 11.6 Å². The summed E-state index contributed by atoms with van der Waals surface area (Å²) in [6.45, 7) is 6.95. The van der Waals surface area contributed by atoms with E-state index in [4.69, 9.17) is 10.5 Å². The van der Waals surface area contributed by atoms with Crippen molar-refractivity contribution in [3.05, 3.63) is 11.9 Å². The zero-order valence-electron chi connectivity index (χ0n) is 11.8. The smallest absolute Gasteiger partial charge is 0.305 e. The normalized spacial score (nSPS) is 10.5. The average Bonchev–Trinajstić information content (AvgIpc) is 2.34. The summed E-state index contributed by atoms with van der Waals surface area (Å²) in [6.07, 6.45) is 2.54. The number of carbonyl (C=O) groups is 1. The van der Waals surface area contributed by atoms with Gasteiger partial charge in [-0.1, -0.05) is 13.8 Å². The van der Waals surface area contributed by atoms with Gasteiger partial charge in [-0.15, -0.1) is 0 Å². The summed E-state index contributed by atoms with van der Waals surface area (Å²) in [5, 5.41) is 3.19. The minimum Gasteiger partial charge on any atom is -0.466 e. The van der Waals surface area contributed by atoms with Crippen LogP contribution in [0.3, 0.4) is 0 Å². The van der Waals surface area contributed by atoms with Crippen molar-refractivity contribution in [2.24, 2.45) is 0 Å². The van der Waals surface area contributed by atoms with E-state index >= 15 is 0 Å². The van der Waals surface area contributed by atoms with Crippen molar-refractivity contribution in [1.29, 1.82) is 0 Å². The molecule has 0 amide bonds. The van der Waals surface area contributed by atoms with Crippen LogP contribution in [0.1, 0.15) is 45.1 Å². The summed E-state index contributed by atoms with van der Waals surface area (Å²) in [7, 11) is 0. The molecule has 6 heteroatoms. The number of esters is 1. The summed E-state index contributed by atoms with van der Waals surface area (Å²) in [5.74, 6) is 1.31. The number of anilines is 2. The van der Waals surface area contributed by atoms with Crippen LogP contribution in [-0.4, -0.2) is 29.1 Å². The molecule has 19 heavy (non-hydrogen) atoms. The van der Waals surface area contributed by atoms with Crippen LogP contribution in [0.15, 0.2) is 6.33 Å². The maximum Gasteiger partial charge on any atom is 0.305 e. The quantitative estimate of drug-likeness (QED) is 0.579. The van der Waals surface area contributed by atoms with Gasteiger partial charge in [-0.2, -0.15) is 0 Å². The first-order chi connectivity index (χ1) is 9.06. The molecule has 1 rings (SSSR count). The van der Waals surface area contributed by atoms with Crippen molar-refractivity contribution in [1.82, 2.24) is 9.97 Å². The van der Waals surface area contributed by atoms with Crippen molar-refractivity contribution in [2.45, 2.75) is 39.5 Å². The molecule has 0 radical (unpaired) electrons. The zero-order valence-corrected chi connectivity index (χ0v) is 11.8. The molecule has 0 aliphatic rings. The van der Waals surface area contributed by atoms with Crippen molar-refractivity contribution >= 4 is 17.6 Å². The number of hydrogen-bond donors (Lipinski definition) is 2. The van der Waals surface area contributed by atoms with Gasteiger partial charge in [-0.3, -0.25) is 4.79 Å². The molecular formula is C13H22N4O2. The lowest BCUT2D eigenvalue weighted by Gasteiger charge is -2.14. The summed E-state index contributed by atoms with van der Waals surface area (Å²) < 4.78 is 4.86. The number of nitrogens with one attached hydrogen (secondary N) is 1. The highest BCUT2D eigenvalue weighted by atomic mass is 16.5. The van der Waals surface area contributed by atoms with E-state index in [1.807, 2.05) is 13.8 Å². The number of nitrogens with two attached hydrogens (primary N) is 1. The molecule has 0 aliphatic heterocycles. The van der Waals surface area contributed by atoms with Crippen LogP contribution >= 0.6 is 0 Å². The maximum atomic E-state index is 11.2. The summed E-state index contributed by atoms with van der Waals surface area (Å²) in [6, 6.07) is 0. The van der Waals surface area contributed by atoms with Crippen LogP contribution in [0.5, 0.6) is 0 Å². The molecule has 6 nitrogen and oxygen atoms in total. The highest BCUT2D eigenvalue weighted by Gasteiger charge is 2.12. The topological polar surface area (TPSA) is 90.1 Å². The van der Waals surface area contributed by atoms with E-state index < -0.39 is 0 Å². The van der Waals surface area contributed by atoms with Crippen molar-refractivity contribution in [3.8, 4) is 0 Å². The van der Waals surface area contributed by atoms with E-state index in [0.717, 1.165) is 11.4 Å². The first-order valence-electron chi connectivity index (χ1n) is 6.56. The van der Waals surface area contributed by atoms with Gasteiger partial charge in [0.15, 0.2) is 0 Å². The predicted octanol–water partition coefficient (Wildman–Crippen LogP) is 1.94. The monoisotopic (exact) mass is 266 g/mol.